The molecular formula is C23H26N8O4. The fourth-order valence-electron chi connectivity index (χ4n) is 3.69. The van der Waals surface area contributed by atoms with Crippen molar-refractivity contribution < 1.29 is 18.8 Å². The van der Waals surface area contributed by atoms with E-state index in [4.69, 9.17) is 21.6 Å². The minimum absolute atomic E-state index is 0.138. The Balaban J connectivity index is 1.39. The number of rotatable bonds is 8. The lowest BCUT2D eigenvalue weighted by molar-refractivity contribution is -0.114. The number of carbonyl (C=O) groups excluding carboxylic acids is 3. The fraction of sp³-hybridized carbons (Fsp3) is 0.217. The number of aromatic amines is 1. The molecule has 182 valence electrons. The highest BCUT2D eigenvalue weighted by Crippen LogP contribution is 2.24. The number of fused-ring (bicyclic) bond motifs is 2. The van der Waals surface area contributed by atoms with Crippen molar-refractivity contribution in [2.75, 3.05) is 25.0 Å². The summed E-state index contributed by atoms with van der Waals surface area (Å²) in [4.78, 5) is 43.6. The molecule has 1 aliphatic rings. The van der Waals surface area contributed by atoms with Crippen molar-refractivity contribution in [2.24, 2.45) is 22.2 Å². The first-order chi connectivity index (χ1) is 16.8. The van der Waals surface area contributed by atoms with Crippen LogP contribution in [0.5, 0.6) is 0 Å². The molecule has 0 aliphatic heterocycles. The van der Waals surface area contributed by atoms with Gasteiger partial charge in [-0.1, -0.05) is 6.08 Å². The lowest BCUT2D eigenvalue weighted by Gasteiger charge is -2.17. The van der Waals surface area contributed by atoms with Crippen LogP contribution in [-0.2, 0) is 11.2 Å². The molecule has 0 saturated carbocycles. The van der Waals surface area contributed by atoms with Crippen LogP contribution in [-0.4, -0.2) is 54.3 Å². The first kappa shape index (κ1) is 23.6. The lowest BCUT2D eigenvalue weighted by Crippen LogP contribution is -2.35. The number of furan rings is 1. The normalized spacial score (nSPS) is 14.3. The number of carbonyl (C=O) groups is 3. The second-order valence-corrected chi connectivity index (χ2v) is 7.96. The van der Waals surface area contributed by atoms with E-state index in [1.807, 2.05) is 12.2 Å². The number of aliphatic imine (C=N–C) groups is 1. The topological polar surface area (TPSA) is 207 Å². The number of guanidine groups is 1. The van der Waals surface area contributed by atoms with E-state index < -0.39 is 0 Å². The molecule has 0 saturated heterocycles. The van der Waals surface area contributed by atoms with E-state index in [9.17, 15) is 14.4 Å². The Morgan fingerprint density at radius 1 is 1.14 bits per heavy atom. The Labute approximate surface area is 200 Å². The molecule has 12 nitrogen and oxygen atoms in total. The molecule has 1 unspecified atom stereocenters. The Kier molecular flexibility index (Phi) is 6.83. The predicted molar refractivity (Wildman–Crippen MR) is 132 cm³/mol. The van der Waals surface area contributed by atoms with Gasteiger partial charge in [-0.25, -0.2) is 4.99 Å². The number of H-pyrrole nitrogens is 1. The molecule has 2 heterocycles. The Morgan fingerprint density at radius 2 is 1.97 bits per heavy atom. The summed E-state index contributed by atoms with van der Waals surface area (Å²) in [5, 5.41) is 8.97. The highest BCUT2D eigenvalue weighted by Gasteiger charge is 2.22. The summed E-state index contributed by atoms with van der Waals surface area (Å²) in [7, 11) is 0. The van der Waals surface area contributed by atoms with Gasteiger partial charge in [0.1, 0.15) is 17.8 Å². The van der Waals surface area contributed by atoms with Crippen LogP contribution in [0.25, 0.3) is 17.0 Å². The van der Waals surface area contributed by atoms with E-state index in [0.717, 1.165) is 11.3 Å². The van der Waals surface area contributed by atoms with Crippen LogP contribution < -0.4 is 33.2 Å². The third-order valence-electron chi connectivity index (χ3n) is 5.29. The van der Waals surface area contributed by atoms with Crippen molar-refractivity contribution >= 4 is 46.4 Å². The first-order valence-corrected chi connectivity index (χ1v) is 10.9. The third-order valence-corrected chi connectivity index (χ3v) is 5.29. The SMILES string of the molecule is NCCNC(=O)c1cc2c([nH]1)C=CC(NC(=O)c1cc3cc(NC(=O)CN=C(N)N)ccc3o1)C2. The van der Waals surface area contributed by atoms with Gasteiger partial charge in [0.15, 0.2) is 11.7 Å². The third kappa shape index (κ3) is 5.68. The average molecular weight is 479 g/mol. The summed E-state index contributed by atoms with van der Waals surface area (Å²) in [6.07, 6.45) is 4.20. The molecular weight excluding hydrogens is 452 g/mol. The number of aromatic nitrogens is 1. The fourth-order valence-corrected chi connectivity index (χ4v) is 3.69. The monoisotopic (exact) mass is 478 g/mol. The van der Waals surface area contributed by atoms with Crippen LogP contribution in [0, 0.1) is 0 Å². The summed E-state index contributed by atoms with van der Waals surface area (Å²) < 4.78 is 5.68. The van der Waals surface area contributed by atoms with E-state index in [-0.39, 0.29) is 42.0 Å². The maximum absolute atomic E-state index is 12.8. The van der Waals surface area contributed by atoms with Crippen molar-refractivity contribution in [3.05, 3.63) is 59.1 Å². The largest absolute Gasteiger partial charge is 0.451 e. The number of hydrogen-bond donors (Lipinski definition) is 7. The summed E-state index contributed by atoms with van der Waals surface area (Å²) >= 11 is 0. The summed E-state index contributed by atoms with van der Waals surface area (Å²) in [5.41, 5.74) is 19.1. The predicted octanol–water partition coefficient (Wildman–Crippen LogP) is 0.0292. The highest BCUT2D eigenvalue weighted by atomic mass is 16.3. The Hall–Kier alpha value is -4.58. The van der Waals surface area contributed by atoms with Crippen molar-refractivity contribution in [2.45, 2.75) is 12.5 Å². The van der Waals surface area contributed by atoms with Crippen LogP contribution in [0.15, 0.2) is 45.8 Å². The molecule has 1 atom stereocenters. The van der Waals surface area contributed by atoms with Gasteiger partial charge in [-0.2, -0.15) is 0 Å². The van der Waals surface area contributed by atoms with Crippen LogP contribution in [0.3, 0.4) is 0 Å². The molecule has 0 bridgehead atoms. The summed E-state index contributed by atoms with van der Waals surface area (Å²) in [5.74, 6) is -1.02. The molecule has 2 aromatic heterocycles. The summed E-state index contributed by atoms with van der Waals surface area (Å²) in [6.45, 7) is 0.550. The average Bonchev–Trinajstić information content (AvgIpc) is 3.45. The number of hydrogen-bond acceptors (Lipinski definition) is 6. The molecule has 3 aromatic rings. The highest BCUT2D eigenvalue weighted by molar-refractivity contribution is 5.99. The Bertz CT molecular complexity index is 1330. The number of anilines is 1. The summed E-state index contributed by atoms with van der Waals surface area (Å²) in [6, 6.07) is 8.10. The van der Waals surface area contributed by atoms with E-state index in [0.29, 0.717) is 41.9 Å². The maximum Gasteiger partial charge on any atom is 0.287 e. The molecule has 4 rings (SSSR count). The van der Waals surface area contributed by atoms with Crippen molar-refractivity contribution in [3.8, 4) is 0 Å². The standard InChI is InChI=1S/C23H26N8O4/c24-5-6-27-21(33)17-9-12-7-15(1-3-16(12)31-17)30-22(34)19-10-13-8-14(2-4-18(13)35-19)29-20(32)11-28-23(25)26/h1-4,8-10,15,31H,5-7,11,24H2,(H,27,33)(H,29,32)(H,30,34)(H4,25,26,28). The van der Waals surface area contributed by atoms with E-state index in [2.05, 4.69) is 25.9 Å². The second-order valence-electron chi connectivity index (χ2n) is 7.96. The quantitative estimate of drug-likeness (QED) is 0.174. The first-order valence-electron chi connectivity index (χ1n) is 10.9. The minimum atomic E-state index is -0.382. The van der Waals surface area contributed by atoms with Crippen LogP contribution in [0.1, 0.15) is 32.3 Å². The van der Waals surface area contributed by atoms with Gasteiger partial charge in [-0.3, -0.25) is 14.4 Å². The smallest absolute Gasteiger partial charge is 0.287 e. The van der Waals surface area contributed by atoms with Crippen LogP contribution >= 0.6 is 0 Å². The number of nitrogens with zero attached hydrogens (tertiary/aromatic N) is 1. The van der Waals surface area contributed by atoms with Crippen LogP contribution in [0.4, 0.5) is 5.69 Å². The molecule has 12 heteroatoms. The van der Waals surface area contributed by atoms with Gasteiger partial charge < -0.3 is 42.6 Å². The molecule has 3 amide bonds. The van der Waals surface area contributed by atoms with E-state index >= 15 is 0 Å². The van der Waals surface area contributed by atoms with Crippen molar-refractivity contribution in [1.29, 1.82) is 0 Å². The lowest BCUT2D eigenvalue weighted by atomic mass is 9.99. The molecule has 0 spiro atoms. The number of benzene rings is 1. The van der Waals surface area contributed by atoms with Gasteiger partial charge in [0, 0.05) is 29.9 Å². The van der Waals surface area contributed by atoms with Gasteiger partial charge in [-0.05, 0) is 48.4 Å². The molecule has 0 radical (unpaired) electrons. The van der Waals surface area contributed by atoms with Gasteiger partial charge in [-0.15, -0.1) is 0 Å². The van der Waals surface area contributed by atoms with E-state index in [1.54, 1.807) is 30.3 Å². The zero-order valence-electron chi connectivity index (χ0n) is 18.8. The maximum atomic E-state index is 12.8. The molecule has 10 N–H and O–H groups in total. The zero-order valence-corrected chi connectivity index (χ0v) is 18.8. The number of nitrogens with one attached hydrogen (secondary N) is 4. The van der Waals surface area contributed by atoms with E-state index in [1.165, 1.54) is 0 Å². The number of amides is 3. The van der Waals surface area contributed by atoms with Gasteiger partial charge in [0.25, 0.3) is 11.8 Å². The second kappa shape index (κ2) is 10.1. The zero-order chi connectivity index (χ0) is 24.9. The van der Waals surface area contributed by atoms with Crippen molar-refractivity contribution in [3.63, 3.8) is 0 Å². The van der Waals surface area contributed by atoms with Gasteiger partial charge >= 0.3 is 0 Å². The van der Waals surface area contributed by atoms with Gasteiger partial charge in [0.2, 0.25) is 5.91 Å². The molecule has 1 aliphatic carbocycles. The van der Waals surface area contributed by atoms with Gasteiger partial charge in [0.05, 0.1) is 6.04 Å². The number of nitrogens with two attached hydrogens (primary N) is 3. The van der Waals surface area contributed by atoms with Crippen molar-refractivity contribution in [1.82, 2.24) is 15.6 Å². The van der Waals surface area contributed by atoms with Crippen LogP contribution in [0.2, 0.25) is 0 Å². The molecule has 0 fully saturated rings. The molecule has 35 heavy (non-hydrogen) atoms. The Morgan fingerprint density at radius 3 is 2.74 bits per heavy atom. The molecule has 1 aromatic carbocycles. The minimum Gasteiger partial charge on any atom is -0.451 e.